The Balaban J connectivity index is 0.000000211. The fraction of sp³-hybridized carbons (Fsp3) is 1.00. The van der Waals surface area contributed by atoms with E-state index >= 15 is 0 Å². The molecule has 0 radical (unpaired) electrons. The van der Waals surface area contributed by atoms with Gasteiger partial charge in [0.25, 0.3) is 0 Å². The van der Waals surface area contributed by atoms with E-state index in [1.807, 2.05) is 0 Å². The predicted octanol–water partition coefficient (Wildman–Crippen LogP) is 4.79. The van der Waals surface area contributed by atoms with Crippen molar-refractivity contribution in [3.8, 4) is 0 Å². The van der Waals surface area contributed by atoms with Gasteiger partial charge in [0.15, 0.2) is 6.17 Å². The van der Waals surface area contributed by atoms with Crippen LogP contribution in [0.15, 0.2) is 0 Å². The maximum Gasteiger partial charge on any atom is 0.372 e. The summed E-state index contributed by atoms with van der Waals surface area (Å²) in [6.07, 6.45) is -2.69. The summed E-state index contributed by atoms with van der Waals surface area (Å²) in [7, 11) is 0. The molecule has 2 unspecified atom stereocenters. The fourth-order valence-corrected chi connectivity index (χ4v) is 1.80. The highest BCUT2D eigenvalue weighted by molar-refractivity contribution is 5.14. The average molecular weight is 338 g/mol. The van der Waals surface area contributed by atoms with Crippen LogP contribution in [-0.2, 0) is 0 Å². The van der Waals surface area contributed by atoms with Crippen molar-refractivity contribution in [2.24, 2.45) is 11.8 Å². The van der Waals surface area contributed by atoms with Crippen molar-refractivity contribution < 1.29 is 48.3 Å². The number of alkyl halides is 11. The van der Waals surface area contributed by atoms with Gasteiger partial charge in [0.1, 0.15) is 0 Å². The van der Waals surface area contributed by atoms with E-state index in [2.05, 4.69) is 0 Å². The van der Waals surface area contributed by atoms with Crippen LogP contribution in [0.1, 0.15) is 13.8 Å². The molecule has 0 heterocycles. The van der Waals surface area contributed by atoms with Crippen LogP contribution >= 0.6 is 0 Å². The van der Waals surface area contributed by atoms with Crippen LogP contribution in [-0.4, -0.2) is 35.8 Å². The first-order valence-electron chi connectivity index (χ1n) is 5.50. The Morgan fingerprint density at radius 1 is 0.571 bits per heavy atom. The van der Waals surface area contributed by atoms with Crippen LogP contribution in [0.25, 0.3) is 0 Å². The van der Waals surface area contributed by atoms with Crippen molar-refractivity contribution in [1.82, 2.24) is 0 Å². The Morgan fingerprint density at radius 2 is 0.905 bits per heavy atom. The summed E-state index contributed by atoms with van der Waals surface area (Å²) < 4.78 is 131. The quantitative estimate of drug-likeness (QED) is 0.557. The second kappa shape index (κ2) is 4.37. The number of hydrogen-bond donors (Lipinski definition) is 0. The van der Waals surface area contributed by atoms with E-state index in [4.69, 9.17) is 0 Å². The third-order valence-corrected chi connectivity index (χ3v) is 3.73. The van der Waals surface area contributed by atoms with Gasteiger partial charge in [0.2, 0.25) is 0 Å². The van der Waals surface area contributed by atoms with Crippen molar-refractivity contribution in [2.45, 2.75) is 49.6 Å². The molecule has 2 rings (SSSR count). The molecule has 0 bridgehead atoms. The van der Waals surface area contributed by atoms with Crippen molar-refractivity contribution in [3.63, 3.8) is 0 Å². The van der Waals surface area contributed by atoms with Crippen molar-refractivity contribution >= 4 is 0 Å². The zero-order valence-electron chi connectivity index (χ0n) is 10.4. The standard InChI is InChI=1S/C5H4F6.C5H5F5/c1-2-3(6,7)5(10,11)4(2,8)9;1-2-3(6)5(9,10)4(2,7)8/h2H,1H3;2-3H,1H3. The summed E-state index contributed by atoms with van der Waals surface area (Å²) in [6.45, 7) is 1.17. The topological polar surface area (TPSA) is 0 Å². The highest BCUT2D eigenvalue weighted by atomic mass is 19.4. The molecule has 0 saturated heterocycles. The third-order valence-electron chi connectivity index (χ3n) is 3.73. The van der Waals surface area contributed by atoms with Crippen molar-refractivity contribution in [2.75, 3.05) is 0 Å². The molecule has 0 aromatic heterocycles. The number of halogens is 11. The lowest BCUT2D eigenvalue weighted by atomic mass is 9.74. The second-order valence-corrected chi connectivity index (χ2v) is 4.98. The van der Waals surface area contributed by atoms with E-state index in [9.17, 15) is 48.3 Å². The minimum atomic E-state index is -5.18. The van der Waals surface area contributed by atoms with Crippen molar-refractivity contribution in [3.05, 3.63) is 0 Å². The Kier molecular flexibility index (Phi) is 3.81. The molecule has 0 aliphatic heterocycles. The van der Waals surface area contributed by atoms with Crippen LogP contribution in [0.2, 0.25) is 0 Å². The van der Waals surface area contributed by atoms with E-state index < -0.39 is 47.6 Å². The van der Waals surface area contributed by atoms with E-state index in [0.717, 1.165) is 6.92 Å². The minimum Gasteiger partial charge on any atom is -0.240 e. The molecule has 0 spiro atoms. The van der Waals surface area contributed by atoms with Gasteiger partial charge < -0.3 is 0 Å². The molecule has 0 nitrogen and oxygen atoms in total. The molecule has 2 aliphatic carbocycles. The Morgan fingerprint density at radius 3 is 1.00 bits per heavy atom. The van der Waals surface area contributed by atoms with Crippen LogP contribution in [0.4, 0.5) is 48.3 Å². The van der Waals surface area contributed by atoms with E-state index in [-0.39, 0.29) is 0 Å². The lowest BCUT2D eigenvalue weighted by Crippen LogP contribution is -2.73. The maximum atomic E-state index is 12.0. The Hall–Kier alpha value is -0.770. The molecule has 0 aromatic rings. The predicted molar refractivity (Wildman–Crippen MR) is 48.0 cm³/mol. The van der Waals surface area contributed by atoms with Crippen LogP contribution in [0.5, 0.6) is 0 Å². The zero-order chi connectivity index (χ0) is 17.2. The maximum absolute atomic E-state index is 12.0. The van der Waals surface area contributed by atoms with Gasteiger partial charge in [0, 0.05) is 0 Å². The van der Waals surface area contributed by atoms with Gasteiger partial charge in [-0.2, -0.15) is 43.9 Å². The third kappa shape index (κ3) is 1.94. The summed E-state index contributed by atoms with van der Waals surface area (Å²) >= 11 is 0. The van der Waals surface area contributed by atoms with Gasteiger partial charge in [-0.3, -0.25) is 0 Å². The fourth-order valence-electron chi connectivity index (χ4n) is 1.80. The zero-order valence-corrected chi connectivity index (χ0v) is 10.4. The summed E-state index contributed by atoms with van der Waals surface area (Å²) in [5, 5.41) is 0. The molecule has 0 amide bonds. The highest BCUT2D eigenvalue weighted by Gasteiger charge is 2.88. The smallest absolute Gasteiger partial charge is 0.240 e. The van der Waals surface area contributed by atoms with Crippen molar-refractivity contribution in [1.29, 1.82) is 0 Å². The minimum absolute atomic E-state index is 0.400. The van der Waals surface area contributed by atoms with Gasteiger partial charge in [-0.15, -0.1) is 0 Å². The average Bonchev–Trinajstić information content (AvgIpc) is 2.35. The van der Waals surface area contributed by atoms with E-state index in [0.29, 0.717) is 6.92 Å². The first kappa shape index (κ1) is 18.3. The summed E-state index contributed by atoms with van der Waals surface area (Å²) in [5.74, 6) is -27.4. The van der Waals surface area contributed by atoms with Gasteiger partial charge in [-0.05, 0) is 0 Å². The highest BCUT2D eigenvalue weighted by Crippen LogP contribution is 2.64. The molecule has 126 valence electrons. The number of rotatable bonds is 0. The normalized spacial score (nSPS) is 37.6. The lowest BCUT2D eigenvalue weighted by Gasteiger charge is -2.48. The molecule has 2 atom stereocenters. The van der Waals surface area contributed by atoms with Gasteiger partial charge in [-0.1, -0.05) is 13.8 Å². The first-order valence-corrected chi connectivity index (χ1v) is 5.50. The molecule has 2 aliphatic rings. The molecule has 0 N–H and O–H groups in total. The molecule has 21 heavy (non-hydrogen) atoms. The monoisotopic (exact) mass is 338 g/mol. The lowest BCUT2D eigenvalue weighted by molar-refractivity contribution is -0.431. The molecule has 2 fully saturated rings. The van der Waals surface area contributed by atoms with Gasteiger partial charge in [-0.25, -0.2) is 4.39 Å². The summed E-state index contributed by atoms with van der Waals surface area (Å²) in [4.78, 5) is 0. The summed E-state index contributed by atoms with van der Waals surface area (Å²) in [5.41, 5.74) is 0. The second-order valence-electron chi connectivity index (χ2n) is 4.98. The van der Waals surface area contributed by atoms with E-state index in [1.165, 1.54) is 0 Å². The van der Waals surface area contributed by atoms with Crippen LogP contribution < -0.4 is 0 Å². The first-order chi connectivity index (χ1) is 8.97. The largest absolute Gasteiger partial charge is 0.372 e. The number of hydrogen-bond acceptors (Lipinski definition) is 0. The SMILES string of the molecule is CC1C(F)(F)C(F)(F)C1(F)F.CC1C(F)C(F)(F)C1(F)F. The van der Waals surface area contributed by atoms with Crippen LogP contribution in [0, 0.1) is 11.8 Å². The Labute approximate surface area is 111 Å². The van der Waals surface area contributed by atoms with Crippen LogP contribution in [0.3, 0.4) is 0 Å². The molecular weight excluding hydrogens is 329 g/mol. The molecule has 0 aromatic carbocycles. The Bertz CT molecular complexity index is 377. The molecule has 11 heteroatoms. The van der Waals surface area contributed by atoms with Gasteiger partial charge in [0.05, 0.1) is 11.8 Å². The molecular formula is C10H9F11. The summed E-state index contributed by atoms with van der Waals surface area (Å²) in [6, 6.07) is 0. The van der Waals surface area contributed by atoms with Gasteiger partial charge >= 0.3 is 29.6 Å². The van der Waals surface area contributed by atoms with E-state index in [1.54, 1.807) is 0 Å². The molecule has 2 saturated carbocycles.